The molecule has 0 saturated carbocycles. The fourth-order valence-electron chi connectivity index (χ4n) is 3.57. The maximum Gasteiger partial charge on any atom is 0.261 e. The van der Waals surface area contributed by atoms with E-state index in [2.05, 4.69) is 14.7 Å². The van der Waals surface area contributed by atoms with Crippen LogP contribution < -0.4 is 9.62 Å². The average molecular weight is 452 g/mol. The highest BCUT2D eigenvalue weighted by molar-refractivity contribution is 7.92. The molecule has 0 radical (unpaired) electrons. The molecule has 2 heterocycles. The Labute approximate surface area is 188 Å². The van der Waals surface area contributed by atoms with Gasteiger partial charge in [0, 0.05) is 49.8 Å². The van der Waals surface area contributed by atoms with Crippen LogP contribution in [-0.2, 0) is 10.0 Å². The number of piperazine rings is 1. The molecule has 8 nitrogen and oxygen atoms in total. The summed E-state index contributed by atoms with van der Waals surface area (Å²) in [4.78, 5) is 25.6. The minimum atomic E-state index is -3.82. The van der Waals surface area contributed by atoms with Crippen LogP contribution in [0.4, 0.5) is 11.6 Å². The van der Waals surface area contributed by atoms with Gasteiger partial charge in [-0.05, 0) is 49.7 Å². The van der Waals surface area contributed by atoms with Crippen LogP contribution >= 0.6 is 0 Å². The van der Waals surface area contributed by atoms with E-state index in [1.54, 1.807) is 41.6 Å². The predicted molar refractivity (Wildman–Crippen MR) is 123 cm³/mol. The molecular formula is C23H25N5O3S. The first-order valence-corrected chi connectivity index (χ1v) is 11.8. The Kier molecular flexibility index (Phi) is 6.09. The number of aryl methyl sites for hydroxylation is 2. The van der Waals surface area contributed by atoms with E-state index in [-0.39, 0.29) is 10.8 Å². The molecule has 1 fully saturated rings. The Morgan fingerprint density at radius 1 is 0.938 bits per heavy atom. The number of hydrogen-bond donors (Lipinski definition) is 1. The van der Waals surface area contributed by atoms with Crippen molar-refractivity contribution in [3.8, 4) is 0 Å². The second-order valence-corrected chi connectivity index (χ2v) is 9.46. The maximum absolute atomic E-state index is 13.2. The summed E-state index contributed by atoms with van der Waals surface area (Å²) < 4.78 is 28.4. The van der Waals surface area contributed by atoms with Gasteiger partial charge in [0.25, 0.3) is 15.9 Å². The molecule has 0 bridgehead atoms. The molecule has 1 amide bonds. The van der Waals surface area contributed by atoms with Gasteiger partial charge in [0.1, 0.15) is 0 Å². The number of anilines is 2. The molecule has 0 atom stereocenters. The van der Waals surface area contributed by atoms with Crippen molar-refractivity contribution in [1.29, 1.82) is 0 Å². The molecule has 0 unspecified atom stereocenters. The second-order valence-electron chi connectivity index (χ2n) is 7.78. The highest BCUT2D eigenvalue weighted by Crippen LogP contribution is 2.22. The molecule has 1 aromatic heterocycles. The first-order valence-electron chi connectivity index (χ1n) is 10.3. The minimum absolute atomic E-state index is 0.0587. The van der Waals surface area contributed by atoms with E-state index < -0.39 is 10.0 Å². The third-order valence-electron chi connectivity index (χ3n) is 5.46. The van der Waals surface area contributed by atoms with E-state index in [9.17, 15) is 13.2 Å². The first kappa shape index (κ1) is 21.8. The van der Waals surface area contributed by atoms with Gasteiger partial charge in [0.05, 0.1) is 4.90 Å². The molecule has 4 rings (SSSR count). The zero-order chi connectivity index (χ0) is 22.7. The molecule has 1 aliphatic rings. The lowest BCUT2D eigenvalue weighted by Gasteiger charge is -2.35. The largest absolute Gasteiger partial charge is 0.337 e. The number of nitrogens with zero attached hydrogens (tertiary/aromatic N) is 4. The zero-order valence-corrected chi connectivity index (χ0v) is 18.8. The fraction of sp³-hybridized carbons (Fsp3) is 0.261. The Balaban J connectivity index is 1.50. The molecule has 2 aromatic carbocycles. The Morgan fingerprint density at radius 3 is 2.25 bits per heavy atom. The average Bonchev–Trinajstić information content (AvgIpc) is 2.81. The third kappa shape index (κ3) is 4.72. The van der Waals surface area contributed by atoms with Gasteiger partial charge in [-0.2, -0.15) is 0 Å². The Hall–Kier alpha value is -3.46. The van der Waals surface area contributed by atoms with Crippen molar-refractivity contribution in [1.82, 2.24) is 14.9 Å². The normalized spacial score (nSPS) is 14.3. The second kappa shape index (κ2) is 8.96. The van der Waals surface area contributed by atoms with E-state index in [0.717, 1.165) is 11.1 Å². The Bertz CT molecular complexity index is 1210. The van der Waals surface area contributed by atoms with Crippen LogP contribution in [0.15, 0.2) is 65.8 Å². The lowest BCUT2D eigenvalue weighted by Crippen LogP contribution is -2.49. The number of carbonyl (C=O) groups is 1. The maximum atomic E-state index is 13.2. The highest BCUT2D eigenvalue weighted by atomic mass is 32.2. The van der Waals surface area contributed by atoms with Gasteiger partial charge in [-0.1, -0.05) is 23.8 Å². The molecule has 1 saturated heterocycles. The van der Waals surface area contributed by atoms with E-state index in [0.29, 0.717) is 43.4 Å². The summed E-state index contributed by atoms with van der Waals surface area (Å²) in [5, 5.41) is 0. The molecule has 32 heavy (non-hydrogen) atoms. The molecular weight excluding hydrogens is 426 g/mol. The smallest absolute Gasteiger partial charge is 0.261 e. The fourth-order valence-corrected chi connectivity index (χ4v) is 4.65. The summed E-state index contributed by atoms with van der Waals surface area (Å²) >= 11 is 0. The summed E-state index contributed by atoms with van der Waals surface area (Å²) in [6.07, 6.45) is 3.39. The lowest BCUT2D eigenvalue weighted by molar-refractivity contribution is 0.0745. The molecule has 1 aliphatic heterocycles. The summed E-state index contributed by atoms with van der Waals surface area (Å²) in [7, 11) is -3.82. The number of amides is 1. The van der Waals surface area contributed by atoms with Crippen molar-refractivity contribution in [2.45, 2.75) is 18.7 Å². The van der Waals surface area contributed by atoms with Crippen molar-refractivity contribution in [3.63, 3.8) is 0 Å². The summed E-state index contributed by atoms with van der Waals surface area (Å²) in [5.74, 6) is 0.467. The van der Waals surface area contributed by atoms with Crippen LogP contribution in [0.5, 0.6) is 0 Å². The van der Waals surface area contributed by atoms with E-state index in [4.69, 9.17) is 0 Å². The predicted octanol–water partition coefficient (Wildman–Crippen LogP) is 2.86. The SMILES string of the molecule is Cc1ccc(NS(=O)(=O)c2ccc(C)c(C(=O)N3CCN(c4ncccn4)CC3)c2)cc1. The van der Waals surface area contributed by atoms with Crippen molar-refractivity contribution in [2.75, 3.05) is 35.8 Å². The quantitative estimate of drug-likeness (QED) is 0.641. The monoisotopic (exact) mass is 451 g/mol. The number of hydrogen-bond acceptors (Lipinski definition) is 6. The van der Waals surface area contributed by atoms with Crippen molar-refractivity contribution in [3.05, 3.63) is 77.6 Å². The van der Waals surface area contributed by atoms with Crippen molar-refractivity contribution in [2.24, 2.45) is 0 Å². The number of nitrogens with one attached hydrogen (secondary N) is 1. The molecule has 0 spiro atoms. The van der Waals surface area contributed by atoms with Crippen LogP contribution in [-0.4, -0.2) is 55.4 Å². The van der Waals surface area contributed by atoms with Gasteiger partial charge in [-0.3, -0.25) is 9.52 Å². The standard InChI is InChI=1S/C23H25N5O3S/c1-17-4-7-19(8-5-17)26-32(30,31)20-9-6-18(2)21(16-20)22(29)27-12-14-28(15-13-27)23-24-10-3-11-25-23/h3-11,16,26H,12-15H2,1-2H3. The first-order chi connectivity index (χ1) is 15.3. The highest BCUT2D eigenvalue weighted by Gasteiger charge is 2.26. The molecule has 166 valence electrons. The van der Waals surface area contributed by atoms with E-state index in [1.807, 2.05) is 30.9 Å². The Morgan fingerprint density at radius 2 is 1.59 bits per heavy atom. The van der Waals surface area contributed by atoms with Crippen LogP contribution in [0.3, 0.4) is 0 Å². The van der Waals surface area contributed by atoms with Crippen molar-refractivity contribution >= 4 is 27.6 Å². The van der Waals surface area contributed by atoms with Gasteiger partial charge in [-0.25, -0.2) is 18.4 Å². The topological polar surface area (TPSA) is 95.5 Å². The van der Waals surface area contributed by atoms with Gasteiger partial charge < -0.3 is 9.80 Å². The number of benzene rings is 2. The van der Waals surface area contributed by atoms with E-state index >= 15 is 0 Å². The number of carbonyl (C=O) groups excluding carboxylic acids is 1. The summed E-state index contributed by atoms with van der Waals surface area (Å²) in [5.41, 5.74) is 2.64. The molecule has 3 aromatic rings. The van der Waals surface area contributed by atoms with E-state index in [1.165, 1.54) is 12.1 Å². The summed E-state index contributed by atoms with van der Waals surface area (Å²) in [6, 6.07) is 13.5. The lowest BCUT2D eigenvalue weighted by atomic mass is 10.1. The molecule has 1 N–H and O–H groups in total. The third-order valence-corrected chi connectivity index (χ3v) is 6.83. The van der Waals surface area contributed by atoms with Crippen LogP contribution in [0, 0.1) is 13.8 Å². The van der Waals surface area contributed by atoms with Crippen molar-refractivity contribution < 1.29 is 13.2 Å². The number of aromatic nitrogens is 2. The zero-order valence-electron chi connectivity index (χ0n) is 18.0. The molecule has 9 heteroatoms. The number of rotatable bonds is 5. The van der Waals surface area contributed by atoms with Crippen LogP contribution in [0.2, 0.25) is 0 Å². The molecule has 0 aliphatic carbocycles. The van der Waals surface area contributed by atoms with Gasteiger partial charge in [0.2, 0.25) is 5.95 Å². The van der Waals surface area contributed by atoms with Gasteiger partial charge in [0.15, 0.2) is 0 Å². The van der Waals surface area contributed by atoms with Gasteiger partial charge >= 0.3 is 0 Å². The van der Waals surface area contributed by atoms with Crippen LogP contribution in [0.1, 0.15) is 21.5 Å². The van der Waals surface area contributed by atoms with Crippen LogP contribution in [0.25, 0.3) is 0 Å². The van der Waals surface area contributed by atoms with Gasteiger partial charge in [-0.15, -0.1) is 0 Å². The summed E-state index contributed by atoms with van der Waals surface area (Å²) in [6.45, 7) is 5.99. The number of sulfonamides is 1. The minimum Gasteiger partial charge on any atom is -0.337 e.